The maximum absolute atomic E-state index is 12.3. The fourth-order valence-corrected chi connectivity index (χ4v) is 2.59. The molecular formula is C12H16N4O6. The quantitative estimate of drug-likeness (QED) is 0.513. The first-order valence-electron chi connectivity index (χ1n) is 6.63. The summed E-state index contributed by atoms with van der Waals surface area (Å²) >= 11 is 0. The van der Waals surface area contributed by atoms with Crippen molar-refractivity contribution in [3.63, 3.8) is 0 Å². The number of aliphatic hydroxyl groups is 3. The maximum atomic E-state index is 12.3. The van der Waals surface area contributed by atoms with Gasteiger partial charge in [-0.15, -0.1) is 0 Å². The van der Waals surface area contributed by atoms with Crippen molar-refractivity contribution in [1.29, 1.82) is 0 Å². The zero-order valence-corrected chi connectivity index (χ0v) is 11.9. The van der Waals surface area contributed by atoms with E-state index < -0.39 is 35.8 Å². The van der Waals surface area contributed by atoms with Crippen molar-refractivity contribution in [2.24, 2.45) is 14.1 Å². The molecule has 1 fully saturated rings. The van der Waals surface area contributed by atoms with Gasteiger partial charge in [0.2, 0.25) is 0 Å². The highest BCUT2D eigenvalue weighted by molar-refractivity contribution is 5.70. The predicted molar refractivity (Wildman–Crippen MR) is 73.2 cm³/mol. The van der Waals surface area contributed by atoms with E-state index in [1.165, 1.54) is 29.6 Å². The molecule has 120 valence electrons. The zero-order valence-electron chi connectivity index (χ0n) is 11.9. The molecule has 0 bridgehead atoms. The van der Waals surface area contributed by atoms with Crippen LogP contribution >= 0.6 is 0 Å². The van der Waals surface area contributed by atoms with Crippen LogP contribution in [0.3, 0.4) is 0 Å². The number of nitrogens with zero attached hydrogens (tertiary/aromatic N) is 4. The summed E-state index contributed by atoms with van der Waals surface area (Å²) in [5.41, 5.74) is -0.905. The Morgan fingerprint density at radius 3 is 2.55 bits per heavy atom. The van der Waals surface area contributed by atoms with Crippen molar-refractivity contribution in [2.75, 3.05) is 6.61 Å². The van der Waals surface area contributed by atoms with Crippen molar-refractivity contribution in [3.8, 4) is 0 Å². The van der Waals surface area contributed by atoms with Gasteiger partial charge in [0.15, 0.2) is 17.4 Å². The van der Waals surface area contributed by atoms with Crippen LogP contribution < -0.4 is 11.2 Å². The Bertz CT molecular complexity index is 836. The number of imidazole rings is 1. The minimum Gasteiger partial charge on any atom is -0.388 e. The largest absolute Gasteiger partial charge is 0.388 e. The van der Waals surface area contributed by atoms with Gasteiger partial charge in [-0.3, -0.25) is 18.5 Å². The average Bonchev–Trinajstić information content (AvgIpc) is 2.93. The molecule has 3 heterocycles. The van der Waals surface area contributed by atoms with E-state index in [1.54, 1.807) is 0 Å². The van der Waals surface area contributed by atoms with Crippen LogP contribution in [0.1, 0.15) is 6.23 Å². The fraction of sp³-hybridized carbons (Fsp3) is 0.583. The van der Waals surface area contributed by atoms with E-state index in [1.807, 2.05) is 0 Å². The van der Waals surface area contributed by atoms with Gasteiger partial charge in [-0.05, 0) is 0 Å². The lowest BCUT2D eigenvalue weighted by Crippen LogP contribution is -2.51. The van der Waals surface area contributed by atoms with Gasteiger partial charge in [0.05, 0.1) is 12.9 Å². The molecule has 4 atom stereocenters. The number of hydrogen-bond acceptors (Lipinski definition) is 7. The number of ether oxygens (including phenoxy) is 1. The molecular weight excluding hydrogens is 296 g/mol. The lowest BCUT2D eigenvalue weighted by Gasteiger charge is -2.35. The molecule has 2 aromatic heterocycles. The van der Waals surface area contributed by atoms with Crippen molar-refractivity contribution in [1.82, 2.24) is 18.7 Å². The molecule has 0 radical (unpaired) electrons. The van der Waals surface area contributed by atoms with E-state index >= 15 is 0 Å². The van der Waals surface area contributed by atoms with Crippen LogP contribution in [0.25, 0.3) is 11.2 Å². The second-order valence-corrected chi connectivity index (χ2v) is 5.30. The third-order valence-corrected chi connectivity index (χ3v) is 3.92. The van der Waals surface area contributed by atoms with Crippen LogP contribution in [0.15, 0.2) is 15.9 Å². The predicted octanol–water partition coefficient (Wildman–Crippen LogP) is -2.95. The Labute approximate surface area is 123 Å². The monoisotopic (exact) mass is 312 g/mol. The topological polar surface area (TPSA) is 132 Å². The van der Waals surface area contributed by atoms with Crippen molar-refractivity contribution in [2.45, 2.75) is 24.5 Å². The summed E-state index contributed by atoms with van der Waals surface area (Å²) in [7, 11) is 2.80. The van der Waals surface area contributed by atoms with E-state index in [9.17, 15) is 24.9 Å². The Balaban J connectivity index is 2.21. The lowest BCUT2D eigenvalue weighted by molar-refractivity contribution is -0.209. The number of fused-ring (bicyclic) bond motifs is 1. The van der Waals surface area contributed by atoms with Crippen molar-refractivity contribution >= 4 is 11.2 Å². The van der Waals surface area contributed by atoms with Crippen LogP contribution in [0.2, 0.25) is 0 Å². The summed E-state index contributed by atoms with van der Waals surface area (Å²) in [6, 6.07) is 0. The molecule has 10 heteroatoms. The number of aliphatic hydroxyl groups excluding tert-OH is 3. The van der Waals surface area contributed by atoms with Gasteiger partial charge in [0.25, 0.3) is 5.56 Å². The van der Waals surface area contributed by atoms with Crippen molar-refractivity contribution in [3.05, 3.63) is 27.2 Å². The number of hydrogen-bond donors (Lipinski definition) is 3. The Hall–Kier alpha value is -2.01. The summed E-state index contributed by atoms with van der Waals surface area (Å²) in [4.78, 5) is 28.2. The average molecular weight is 312 g/mol. The van der Waals surface area contributed by atoms with Crippen LogP contribution in [0.5, 0.6) is 0 Å². The third kappa shape index (κ3) is 1.92. The molecule has 0 spiro atoms. The maximum Gasteiger partial charge on any atom is 0.332 e. The van der Waals surface area contributed by atoms with E-state index in [2.05, 4.69) is 4.98 Å². The number of rotatable bonds is 1. The van der Waals surface area contributed by atoms with Crippen LogP contribution in [-0.2, 0) is 18.8 Å². The lowest BCUT2D eigenvalue weighted by atomic mass is 10.0. The third-order valence-electron chi connectivity index (χ3n) is 3.92. The first-order chi connectivity index (χ1) is 10.3. The number of aromatic nitrogens is 4. The minimum atomic E-state index is -1.44. The molecule has 0 unspecified atom stereocenters. The molecule has 0 amide bonds. The van der Waals surface area contributed by atoms with E-state index in [-0.39, 0.29) is 17.8 Å². The molecule has 3 rings (SSSR count). The molecule has 1 aliphatic rings. The second-order valence-electron chi connectivity index (χ2n) is 5.30. The molecule has 2 aromatic rings. The van der Waals surface area contributed by atoms with E-state index in [4.69, 9.17) is 4.74 Å². The molecule has 22 heavy (non-hydrogen) atoms. The van der Waals surface area contributed by atoms with Gasteiger partial charge >= 0.3 is 5.69 Å². The van der Waals surface area contributed by atoms with Gasteiger partial charge in [-0.25, -0.2) is 9.78 Å². The summed E-state index contributed by atoms with van der Waals surface area (Å²) in [5.74, 6) is 0. The second kappa shape index (κ2) is 5.02. The summed E-state index contributed by atoms with van der Waals surface area (Å²) in [6.45, 7) is -0.200. The van der Waals surface area contributed by atoms with Crippen molar-refractivity contribution < 1.29 is 20.1 Å². The number of aryl methyl sites for hydroxylation is 1. The molecule has 1 saturated heterocycles. The minimum absolute atomic E-state index is 0.0669. The van der Waals surface area contributed by atoms with Crippen LogP contribution in [0.4, 0.5) is 0 Å². The highest BCUT2D eigenvalue weighted by Crippen LogP contribution is 2.26. The van der Waals surface area contributed by atoms with E-state index in [0.29, 0.717) is 0 Å². The van der Waals surface area contributed by atoms with Gasteiger partial charge in [-0.1, -0.05) is 0 Å². The van der Waals surface area contributed by atoms with Crippen LogP contribution in [-0.4, -0.2) is 58.9 Å². The van der Waals surface area contributed by atoms with E-state index in [0.717, 1.165) is 4.57 Å². The van der Waals surface area contributed by atoms with Crippen LogP contribution in [0, 0.1) is 0 Å². The Morgan fingerprint density at radius 1 is 1.18 bits per heavy atom. The van der Waals surface area contributed by atoms with Gasteiger partial charge in [0.1, 0.15) is 18.3 Å². The van der Waals surface area contributed by atoms with Gasteiger partial charge in [0, 0.05) is 14.1 Å². The fourth-order valence-electron chi connectivity index (χ4n) is 2.59. The smallest absolute Gasteiger partial charge is 0.332 e. The standard InChI is InChI=1S/C12H16N4O6/c1-14-9-6(10(20)15(2)12(14)21)16(4-13-9)11-8(19)7(18)5(17)3-22-11/h4-5,7-8,11,17-19H,3H2,1-2H3/t5-,7-,8-,11-/m1/s1. The molecule has 0 aromatic carbocycles. The van der Waals surface area contributed by atoms with Gasteiger partial charge in [-0.2, -0.15) is 0 Å². The highest BCUT2D eigenvalue weighted by Gasteiger charge is 2.39. The summed E-state index contributed by atoms with van der Waals surface area (Å²) < 4.78 is 8.70. The molecule has 3 N–H and O–H groups in total. The normalized spacial score (nSPS) is 29.1. The molecule has 0 saturated carbocycles. The summed E-state index contributed by atoms with van der Waals surface area (Å²) in [5, 5.41) is 29.3. The zero-order chi connectivity index (χ0) is 16.2. The molecule has 1 aliphatic heterocycles. The molecule has 10 nitrogen and oxygen atoms in total. The van der Waals surface area contributed by atoms with Gasteiger partial charge < -0.3 is 20.1 Å². The first kappa shape index (κ1) is 14.9. The SMILES string of the molecule is Cn1c(=O)c2c(ncn2[C@@H]2OC[C@@H](O)[C@@H](O)[C@H]2O)n(C)c1=O. The molecule has 0 aliphatic carbocycles. The Kier molecular flexibility index (Phi) is 3.40. The Morgan fingerprint density at radius 2 is 1.86 bits per heavy atom. The summed E-state index contributed by atoms with van der Waals surface area (Å²) in [6.07, 6.45) is -3.90. The highest BCUT2D eigenvalue weighted by atomic mass is 16.5. The first-order valence-corrected chi connectivity index (χ1v) is 6.63.